The van der Waals surface area contributed by atoms with E-state index in [-0.39, 0.29) is 11.5 Å². The van der Waals surface area contributed by atoms with Gasteiger partial charge in [0.15, 0.2) is 11.5 Å². The monoisotopic (exact) mass is 255 g/mol. The maximum absolute atomic E-state index is 9.36. The molecule has 0 aliphatic heterocycles. The Balaban J connectivity index is 2.54. The maximum Gasteiger partial charge on any atom is 0.158 e. The van der Waals surface area contributed by atoms with Gasteiger partial charge in [-0.3, -0.25) is 4.98 Å². The van der Waals surface area contributed by atoms with Crippen LogP contribution in [0, 0.1) is 0 Å². The van der Waals surface area contributed by atoms with Crippen molar-refractivity contribution in [2.75, 3.05) is 0 Å². The van der Waals surface area contributed by atoms with Crippen molar-refractivity contribution in [3.8, 4) is 22.8 Å². The molecule has 0 aliphatic rings. The van der Waals surface area contributed by atoms with Gasteiger partial charge in [0.05, 0.1) is 15.7 Å². The first kappa shape index (κ1) is 11.0. The summed E-state index contributed by atoms with van der Waals surface area (Å²) in [5.74, 6) is -0.404. The SMILES string of the molecule is Oc1ccc(-c2ncc(Cl)cc2Cl)cc1O. The number of benzene rings is 1. The van der Waals surface area contributed by atoms with Crippen LogP contribution in [-0.4, -0.2) is 15.2 Å². The molecule has 5 heteroatoms. The largest absolute Gasteiger partial charge is 0.504 e. The predicted octanol–water partition coefficient (Wildman–Crippen LogP) is 3.47. The van der Waals surface area contributed by atoms with Crippen LogP contribution in [0.5, 0.6) is 11.5 Å². The molecule has 0 bridgehead atoms. The zero-order valence-electron chi connectivity index (χ0n) is 7.98. The summed E-state index contributed by atoms with van der Waals surface area (Å²) in [6.45, 7) is 0. The molecular formula is C11H7Cl2NO2. The smallest absolute Gasteiger partial charge is 0.158 e. The first-order valence-electron chi connectivity index (χ1n) is 4.41. The third kappa shape index (κ3) is 2.05. The number of halogens is 2. The minimum absolute atomic E-state index is 0.186. The number of aromatic nitrogens is 1. The molecular weight excluding hydrogens is 249 g/mol. The first-order valence-corrected chi connectivity index (χ1v) is 5.17. The van der Waals surface area contributed by atoms with Crippen LogP contribution >= 0.6 is 23.2 Å². The highest BCUT2D eigenvalue weighted by Crippen LogP contribution is 2.33. The van der Waals surface area contributed by atoms with Gasteiger partial charge in [-0.1, -0.05) is 23.2 Å². The number of phenolic OH excluding ortho intramolecular Hbond substituents is 2. The van der Waals surface area contributed by atoms with Crippen LogP contribution in [0.4, 0.5) is 0 Å². The van der Waals surface area contributed by atoms with E-state index in [9.17, 15) is 10.2 Å². The van der Waals surface area contributed by atoms with E-state index in [0.29, 0.717) is 21.3 Å². The fraction of sp³-hybridized carbons (Fsp3) is 0. The molecule has 16 heavy (non-hydrogen) atoms. The maximum atomic E-state index is 9.36. The average molecular weight is 256 g/mol. The number of hydrogen-bond donors (Lipinski definition) is 2. The van der Waals surface area contributed by atoms with E-state index in [0.717, 1.165) is 0 Å². The zero-order valence-corrected chi connectivity index (χ0v) is 9.50. The Kier molecular flexibility index (Phi) is 2.90. The number of pyridine rings is 1. The van der Waals surface area contributed by atoms with Crippen LogP contribution in [0.3, 0.4) is 0 Å². The molecule has 2 rings (SSSR count). The van der Waals surface area contributed by atoms with Crippen molar-refractivity contribution in [3.63, 3.8) is 0 Å². The zero-order chi connectivity index (χ0) is 11.7. The molecule has 0 fully saturated rings. The van der Waals surface area contributed by atoms with E-state index in [1.165, 1.54) is 18.3 Å². The van der Waals surface area contributed by atoms with Crippen LogP contribution in [-0.2, 0) is 0 Å². The number of nitrogens with zero attached hydrogens (tertiary/aromatic N) is 1. The van der Waals surface area contributed by atoms with Crippen LogP contribution in [0.15, 0.2) is 30.5 Å². The van der Waals surface area contributed by atoms with Gasteiger partial charge in [0.2, 0.25) is 0 Å². The normalized spacial score (nSPS) is 10.4. The van der Waals surface area contributed by atoms with Gasteiger partial charge in [0, 0.05) is 11.8 Å². The standard InChI is InChI=1S/C11H7Cl2NO2/c12-7-4-8(13)11(14-5-7)6-1-2-9(15)10(16)3-6/h1-5,15-16H. The summed E-state index contributed by atoms with van der Waals surface area (Å²) in [5, 5.41) is 19.4. The van der Waals surface area contributed by atoms with Crippen molar-refractivity contribution in [2.24, 2.45) is 0 Å². The fourth-order valence-electron chi connectivity index (χ4n) is 1.30. The lowest BCUT2D eigenvalue weighted by Crippen LogP contribution is -1.85. The van der Waals surface area contributed by atoms with Crippen LogP contribution in [0.2, 0.25) is 10.0 Å². The number of hydrogen-bond acceptors (Lipinski definition) is 3. The van der Waals surface area contributed by atoms with Crippen LogP contribution < -0.4 is 0 Å². The number of aromatic hydroxyl groups is 2. The van der Waals surface area contributed by atoms with E-state index >= 15 is 0 Å². The molecule has 0 saturated heterocycles. The van der Waals surface area contributed by atoms with Gasteiger partial charge < -0.3 is 10.2 Å². The van der Waals surface area contributed by atoms with E-state index in [1.54, 1.807) is 12.1 Å². The highest BCUT2D eigenvalue weighted by atomic mass is 35.5. The number of rotatable bonds is 1. The summed E-state index contributed by atoms with van der Waals surface area (Å²) in [6, 6.07) is 5.93. The summed E-state index contributed by atoms with van der Waals surface area (Å²) in [4.78, 5) is 4.06. The van der Waals surface area contributed by atoms with Crippen molar-refractivity contribution < 1.29 is 10.2 Å². The Labute approximate surface area is 102 Å². The summed E-state index contributed by atoms with van der Waals surface area (Å²) in [7, 11) is 0. The fourth-order valence-corrected chi connectivity index (χ4v) is 1.79. The van der Waals surface area contributed by atoms with Gasteiger partial charge in [-0.25, -0.2) is 0 Å². The van der Waals surface area contributed by atoms with Gasteiger partial charge in [0.25, 0.3) is 0 Å². The quantitative estimate of drug-likeness (QED) is 0.768. The molecule has 0 unspecified atom stereocenters. The second-order valence-corrected chi connectivity index (χ2v) is 4.03. The average Bonchev–Trinajstić information content (AvgIpc) is 2.22. The summed E-state index contributed by atoms with van der Waals surface area (Å²) >= 11 is 11.7. The summed E-state index contributed by atoms with van der Waals surface area (Å²) in [5.41, 5.74) is 1.11. The van der Waals surface area contributed by atoms with Crippen LogP contribution in [0.1, 0.15) is 0 Å². The Morgan fingerprint density at radius 3 is 2.38 bits per heavy atom. The van der Waals surface area contributed by atoms with E-state index in [1.807, 2.05) is 0 Å². The highest BCUT2D eigenvalue weighted by molar-refractivity contribution is 6.36. The topological polar surface area (TPSA) is 53.4 Å². The molecule has 0 aliphatic carbocycles. The molecule has 82 valence electrons. The lowest BCUT2D eigenvalue weighted by Gasteiger charge is -2.05. The molecule has 2 N–H and O–H groups in total. The Morgan fingerprint density at radius 1 is 1.00 bits per heavy atom. The molecule has 1 heterocycles. The molecule has 0 amide bonds. The van der Waals surface area contributed by atoms with Crippen molar-refractivity contribution in [3.05, 3.63) is 40.5 Å². The van der Waals surface area contributed by atoms with Gasteiger partial charge in [-0.2, -0.15) is 0 Å². The molecule has 3 nitrogen and oxygen atoms in total. The third-order valence-electron chi connectivity index (χ3n) is 2.06. The van der Waals surface area contributed by atoms with Gasteiger partial charge >= 0.3 is 0 Å². The molecule has 2 aromatic rings. The Morgan fingerprint density at radius 2 is 1.75 bits per heavy atom. The van der Waals surface area contributed by atoms with E-state index in [2.05, 4.69) is 4.98 Å². The van der Waals surface area contributed by atoms with Gasteiger partial charge in [-0.15, -0.1) is 0 Å². The minimum Gasteiger partial charge on any atom is -0.504 e. The lowest BCUT2D eigenvalue weighted by molar-refractivity contribution is 0.404. The first-order chi connectivity index (χ1) is 7.58. The second kappa shape index (κ2) is 4.20. The van der Waals surface area contributed by atoms with Gasteiger partial charge in [0.1, 0.15) is 0 Å². The predicted molar refractivity (Wildman–Crippen MR) is 63.0 cm³/mol. The Bertz CT molecular complexity index is 544. The van der Waals surface area contributed by atoms with Crippen LogP contribution in [0.25, 0.3) is 11.3 Å². The molecule has 1 aromatic heterocycles. The molecule has 1 aromatic carbocycles. The highest BCUT2D eigenvalue weighted by Gasteiger charge is 2.08. The Hall–Kier alpha value is -1.45. The summed E-state index contributed by atoms with van der Waals surface area (Å²) in [6.07, 6.45) is 1.46. The van der Waals surface area contributed by atoms with Crippen molar-refractivity contribution in [2.45, 2.75) is 0 Å². The molecule has 0 spiro atoms. The minimum atomic E-state index is -0.217. The van der Waals surface area contributed by atoms with Gasteiger partial charge in [-0.05, 0) is 24.3 Å². The van der Waals surface area contributed by atoms with Crippen molar-refractivity contribution in [1.82, 2.24) is 4.98 Å². The summed E-state index contributed by atoms with van der Waals surface area (Å²) < 4.78 is 0. The van der Waals surface area contributed by atoms with Crippen molar-refractivity contribution in [1.29, 1.82) is 0 Å². The third-order valence-corrected chi connectivity index (χ3v) is 2.55. The van der Waals surface area contributed by atoms with E-state index < -0.39 is 0 Å². The van der Waals surface area contributed by atoms with E-state index in [4.69, 9.17) is 23.2 Å². The number of phenols is 2. The molecule has 0 atom stereocenters. The second-order valence-electron chi connectivity index (χ2n) is 3.19. The van der Waals surface area contributed by atoms with Crippen molar-refractivity contribution >= 4 is 23.2 Å². The molecule has 0 saturated carbocycles. The molecule has 0 radical (unpaired) electrons. The lowest BCUT2D eigenvalue weighted by atomic mass is 10.1.